The number of carboxylic acids is 1. The number of aromatic carboxylic acids is 1. The van der Waals surface area contributed by atoms with Gasteiger partial charge in [0.1, 0.15) is 0 Å². The largest absolute Gasteiger partial charge is 0.478 e. The first kappa shape index (κ1) is 12.6. The maximum atomic E-state index is 12.1. The van der Waals surface area contributed by atoms with Crippen LogP contribution in [0.1, 0.15) is 29.3 Å². The average molecular weight is 247 g/mol. The number of hydrogen-bond acceptors (Lipinski definition) is 2. The van der Waals surface area contributed by atoms with Gasteiger partial charge in [-0.05, 0) is 24.0 Å². The van der Waals surface area contributed by atoms with Crippen LogP contribution in [0, 0.1) is 5.92 Å². The lowest BCUT2D eigenvalue weighted by atomic mass is 10.0. The Morgan fingerprint density at radius 1 is 1.39 bits per heavy atom. The van der Waals surface area contributed by atoms with Gasteiger partial charge < -0.3 is 10.0 Å². The van der Waals surface area contributed by atoms with Gasteiger partial charge >= 0.3 is 5.97 Å². The lowest BCUT2D eigenvalue weighted by Gasteiger charge is -2.16. The maximum Gasteiger partial charge on any atom is 0.335 e. The van der Waals surface area contributed by atoms with Crippen molar-refractivity contribution in [1.82, 2.24) is 4.90 Å². The zero-order valence-electron chi connectivity index (χ0n) is 10.4. The number of carbonyl (C=O) groups is 2. The van der Waals surface area contributed by atoms with Crippen LogP contribution in [0.25, 0.3) is 0 Å². The van der Waals surface area contributed by atoms with E-state index in [-0.39, 0.29) is 17.9 Å². The quantitative estimate of drug-likeness (QED) is 0.886. The molecule has 1 fully saturated rings. The summed E-state index contributed by atoms with van der Waals surface area (Å²) in [5.74, 6) is -0.412. The molecule has 0 aliphatic carbocycles. The van der Waals surface area contributed by atoms with Crippen LogP contribution < -0.4 is 0 Å². The second kappa shape index (κ2) is 5.21. The molecular formula is C14H17NO3. The first-order valence-electron chi connectivity index (χ1n) is 6.17. The molecule has 1 aliphatic heterocycles. The number of benzene rings is 1. The minimum atomic E-state index is -0.979. The SMILES string of the molecule is CC1CCN(C(=O)Cc2ccccc2C(=O)O)C1. The van der Waals surface area contributed by atoms with Gasteiger partial charge in [-0.2, -0.15) is 0 Å². The van der Waals surface area contributed by atoms with Gasteiger partial charge in [-0.25, -0.2) is 4.79 Å². The van der Waals surface area contributed by atoms with Gasteiger partial charge in [0.25, 0.3) is 0 Å². The Morgan fingerprint density at radius 2 is 2.11 bits per heavy atom. The van der Waals surface area contributed by atoms with Crippen LogP contribution in [-0.2, 0) is 11.2 Å². The number of hydrogen-bond donors (Lipinski definition) is 1. The highest BCUT2D eigenvalue weighted by atomic mass is 16.4. The van der Waals surface area contributed by atoms with E-state index in [2.05, 4.69) is 6.92 Å². The molecule has 1 unspecified atom stereocenters. The summed E-state index contributed by atoms with van der Waals surface area (Å²) in [4.78, 5) is 24.9. The summed E-state index contributed by atoms with van der Waals surface area (Å²) in [5, 5.41) is 9.06. The average Bonchev–Trinajstić information content (AvgIpc) is 2.76. The molecule has 0 saturated carbocycles. The summed E-state index contributed by atoms with van der Waals surface area (Å²) < 4.78 is 0. The highest BCUT2D eigenvalue weighted by molar-refractivity contribution is 5.91. The Bertz CT molecular complexity index is 470. The monoisotopic (exact) mass is 247 g/mol. The van der Waals surface area contributed by atoms with Crippen LogP contribution in [0.2, 0.25) is 0 Å². The highest BCUT2D eigenvalue weighted by Gasteiger charge is 2.24. The normalized spacial score (nSPS) is 18.9. The number of amides is 1. The zero-order chi connectivity index (χ0) is 13.1. The summed E-state index contributed by atoms with van der Waals surface area (Å²) >= 11 is 0. The van der Waals surface area contributed by atoms with E-state index in [4.69, 9.17) is 5.11 Å². The van der Waals surface area contributed by atoms with Crippen molar-refractivity contribution in [2.24, 2.45) is 5.92 Å². The summed E-state index contributed by atoms with van der Waals surface area (Å²) in [5.41, 5.74) is 0.813. The Labute approximate surface area is 106 Å². The molecule has 2 rings (SSSR count). The van der Waals surface area contributed by atoms with E-state index in [0.717, 1.165) is 19.5 Å². The number of rotatable bonds is 3. The Balaban J connectivity index is 2.09. The first-order valence-corrected chi connectivity index (χ1v) is 6.17. The molecule has 0 spiro atoms. The van der Waals surface area contributed by atoms with Gasteiger partial charge in [-0.1, -0.05) is 25.1 Å². The van der Waals surface area contributed by atoms with Crippen molar-refractivity contribution < 1.29 is 14.7 Å². The van der Waals surface area contributed by atoms with Crippen molar-refractivity contribution in [3.63, 3.8) is 0 Å². The van der Waals surface area contributed by atoms with Gasteiger partial charge in [0, 0.05) is 13.1 Å². The van der Waals surface area contributed by atoms with Gasteiger partial charge in [0.2, 0.25) is 5.91 Å². The van der Waals surface area contributed by atoms with Gasteiger partial charge in [0.15, 0.2) is 0 Å². The summed E-state index contributed by atoms with van der Waals surface area (Å²) in [6, 6.07) is 6.69. The molecular weight excluding hydrogens is 230 g/mol. The third-order valence-corrected chi connectivity index (χ3v) is 3.37. The summed E-state index contributed by atoms with van der Waals surface area (Å²) in [6.45, 7) is 3.70. The molecule has 0 radical (unpaired) electrons. The smallest absolute Gasteiger partial charge is 0.335 e. The minimum absolute atomic E-state index is 0.0213. The van der Waals surface area contributed by atoms with E-state index in [1.54, 1.807) is 18.2 Å². The van der Waals surface area contributed by atoms with Gasteiger partial charge in [-0.3, -0.25) is 4.79 Å². The van der Waals surface area contributed by atoms with Crippen molar-refractivity contribution in [3.8, 4) is 0 Å². The third-order valence-electron chi connectivity index (χ3n) is 3.37. The maximum absolute atomic E-state index is 12.1. The summed E-state index contributed by atoms with van der Waals surface area (Å²) in [6.07, 6.45) is 1.21. The van der Waals surface area contributed by atoms with Gasteiger partial charge in [0.05, 0.1) is 12.0 Å². The first-order chi connectivity index (χ1) is 8.58. The lowest BCUT2D eigenvalue weighted by Crippen LogP contribution is -2.30. The Morgan fingerprint density at radius 3 is 2.72 bits per heavy atom. The fourth-order valence-corrected chi connectivity index (χ4v) is 2.32. The number of nitrogens with zero attached hydrogens (tertiary/aromatic N) is 1. The fourth-order valence-electron chi connectivity index (χ4n) is 2.32. The molecule has 1 amide bonds. The molecule has 1 heterocycles. The van der Waals surface area contributed by atoms with Crippen LogP contribution in [0.3, 0.4) is 0 Å². The summed E-state index contributed by atoms with van der Waals surface area (Å²) in [7, 11) is 0. The minimum Gasteiger partial charge on any atom is -0.478 e. The topological polar surface area (TPSA) is 57.6 Å². The zero-order valence-corrected chi connectivity index (χ0v) is 10.4. The van der Waals surface area contributed by atoms with Crippen LogP contribution in [-0.4, -0.2) is 35.0 Å². The standard InChI is InChI=1S/C14H17NO3/c1-10-6-7-15(9-10)13(16)8-11-4-2-3-5-12(11)14(17)18/h2-5,10H,6-9H2,1H3,(H,17,18). The van der Waals surface area contributed by atoms with E-state index in [1.807, 2.05) is 4.90 Å². The van der Waals surface area contributed by atoms with E-state index < -0.39 is 5.97 Å². The van der Waals surface area contributed by atoms with Gasteiger partial charge in [-0.15, -0.1) is 0 Å². The van der Waals surface area contributed by atoms with E-state index >= 15 is 0 Å². The second-order valence-electron chi connectivity index (χ2n) is 4.87. The highest BCUT2D eigenvalue weighted by Crippen LogP contribution is 2.17. The molecule has 4 heteroatoms. The number of carbonyl (C=O) groups excluding carboxylic acids is 1. The molecule has 1 saturated heterocycles. The molecule has 0 aromatic heterocycles. The number of likely N-dealkylation sites (tertiary alicyclic amines) is 1. The van der Waals surface area contributed by atoms with Crippen molar-refractivity contribution >= 4 is 11.9 Å². The van der Waals surface area contributed by atoms with Crippen LogP contribution in [0.5, 0.6) is 0 Å². The Kier molecular flexibility index (Phi) is 3.65. The van der Waals surface area contributed by atoms with Crippen molar-refractivity contribution in [2.75, 3.05) is 13.1 Å². The van der Waals surface area contributed by atoms with Crippen molar-refractivity contribution in [2.45, 2.75) is 19.8 Å². The van der Waals surface area contributed by atoms with Crippen molar-refractivity contribution in [3.05, 3.63) is 35.4 Å². The van der Waals surface area contributed by atoms with E-state index in [1.165, 1.54) is 6.07 Å². The molecule has 96 valence electrons. The molecule has 0 bridgehead atoms. The van der Waals surface area contributed by atoms with E-state index in [9.17, 15) is 9.59 Å². The molecule has 4 nitrogen and oxygen atoms in total. The van der Waals surface area contributed by atoms with Crippen molar-refractivity contribution in [1.29, 1.82) is 0 Å². The molecule has 1 aliphatic rings. The van der Waals surface area contributed by atoms with E-state index in [0.29, 0.717) is 11.5 Å². The lowest BCUT2D eigenvalue weighted by molar-refractivity contribution is -0.129. The Hall–Kier alpha value is -1.84. The molecule has 1 aromatic carbocycles. The van der Waals surface area contributed by atoms with Crippen LogP contribution in [0.4, 0.5) is 0 Å². The molecule has 1 atom stereocenters. The predicted octanol–water partition coefficient (Wildman–Crippen LogP) is 1.80. The molecule has 18 heavy (non-hydrogen) atoms. The second-order valence-corrected chi connectivity index (χ2v) is 4.87. The molecule has 1 N–H and O–H groups in total. The fraction of sp³-hybridized carbons (Fsp3) is 0.429. The van der Waals surface area contributed by atoms with Crippen LogP contribution in [0.15, 0.2) is 24.3 Å². The number of carboxylic acid groups (broad SMARTS) is 1. The third kappa shape index (κ3) is 2.70. The van der Waals surface area contributed by atoms with Crippen LogP contribution >= 0.6 is 0 Å². The predicted molar refractivity (Wildman–Crippen MR) is 67.5 cm³/mol. The molecule has 1 aromatic rings.